The lowest BCUT2D eigenvalue weighted by atomic mass is 10.3. The molecule has 6 heteroatoms. The standard InChI is InChI=1S/C17H23N5S/c1-4-22(11-7-10-18-3)16-15-17(23-12(2)19-15)21-14-9-6-5-8-13(14)20-16/h5-6,8-9,18,21H,4,7,10-11H2,1-3H3. The zero-order valence-corrected chi connectivity index (χ0v) is 14.7. The largest absolute Gasteiger partial charge is 0.355 e. The van der Waals surface area contributed by atoms with Crippen LogP contribution in [-0.4, -0.2) is 42.4 Å². The molecule has 3 rings (SSSR count). The number of benzene rings is 1. The number of thiazole rings is 1. The highest BCUT2D eigenvalue weighted by atomic mass is 32.1. The van der Waals surface area contributed by atoms with Gasteiger partial charge in [0.2, 0.25) is 0 Å². The molecule has 1 aliphatic heterocycles. The third-order valence-electron chi connectivity index (χ3n) is 3.86. The van der Waals surface area contributed by atoms with Gasteiger partial charge in [0.05, 0.1) is 16.4 Å². The lowest BCUT2D eigenvalue weighted by molar-refractivity contribution is 0.427. The Morgan fingerprint density at radius 3 is 2.91 bits per heavy atom. The number of hydrogen-bond acceptors (Lipinski definition) is 6. The zero-order valence-electron chi connectivity index (χ0n) is 13.9. The maximum Gasteiger partial charge on any atom is 0.158 e. The molecule has 0 radical (unpaired) electrons. The van der Waals surface area contributed by atoms with Crippen LogP contribution < -0.4 is 10.6 Å². The van der Waals surface area contributed by atoms with Gasteiger partial charge >= 0.3 is 0 Å². The van der Waals surface area contributed by atoms with E-state index in [2.05, 4.69) is 28.5 Å². The lowest BCUT2D eigenvalue weighted by Gasteiger charge is -2.23. The van der Waals surface area contributed by atoms with Crippen LogP contribution in [0, 0.1) is 6.92 Å². The van der Waals surface area contributed by atoms with Crippen molar-refractivity contribution in [2.24, 2.45) is 4.99 Å². The highest BCUT2D eigenvalue weighted by molar-refractivity contribution is 7.16. The number of aryl methyl sites for hydroxylation is 1. The summed E-state index contributed by atoms with van der Waals surface area (Å²) in [6, 6.07) is 8.17. The molecule has 0 fully saturated rings. The molecular weight excluding hydrogens is 306 g/mol. The van der Waals surface area contributed by atoms with Crippen LogP contribution in [0.15, 0.2) is 29.3 Å². The molecule has 0 unspecified atom stereocenters. The number of hydrogen-bond donors (Lipinski definition) is 2. The Morgan fingerprint density at radius 1 is 1.30 bits per heavy atom. The van der Waals surface area contributed by atoms with E-state index >= 15 is 0 Å². The molecule has 0 saturated carbocycles. The molecule has 122 valence electrons. The highest BCUT2D eigenvalue weighted by Gasteiger charge is 2.23. The quantitative estimate of drug-likeness (QED) is 0.824. The van der Waals surface area contributed by atoms with Crippen molar-refractivity contribution in [2.75, 3.05) is 32.0 Å². The molecule has 0 saturated heterocycles. The summed E-state index contributed by atoms with van der Waals surface area (Å²) in [6.45, 7) is 7.10. The van der Waals surface area contributed by atoms with Gasteiger partial charge in [0.25, 0.3) is 0 Å². The maximum atomic E-state index is 4.95. The van der Waals surface area contributed by atoms with Crippen LogP contribution in [0.3, 0.4) is 0 Å². The number of fused-ring (bicyclic) bond motifs is 2. The summed E-state index contributed by atoms with van der Waals surface area (Å²) in [4.78, 5) is 12.0. The van der Waals surface area contributed by atoms with Crippen LogP contribution in [0.1, 0.15) is 24.0 Å². The summed E-state index contributed by atoms with van der Waals surface area (Å²) in [5.74, 6) is 0.973. The highest BCUT2D eigenvalue weighted by Crippen LogP contribution is 2.37. The first kappa shape index (κ1) is 16.0. The fraction of sp³-hybridized carbons (Fsp3) is 0.412. The number of rotatable bonds is 5. The minimum absolute atomic E-state index is 0.917. The van der Waals surface area contributed by atoms with Crippen molar-refractivity contribution in [2.45, 2.75) is 20.3 Å². The molecule has 1 aromatic heterocycles. The second-order valence-electron chi connectivity index (χ2n) is 5.52. The third kappa shape index (κ3) is 3.38. The van der Waals surface area contributed by atoms with Crippen LogP contribution in [0.5, 0.6) is 0 Å². The fourth-order valence-electron chi connectivity index (χ4n) is 2.71. The molecular formula is C17H23N5S. The minimum Gasteiger partial charge on any atom is -0.355 e. The van der Waals surface area contributed by atoms with Gasteiger partial charge in [-0.3, -0.25) is 0 Å². The van der Waals surface area contributed by atoms with Crippen molar-refractivity contribution in [3.05, 3.63) is 35.0 Å². The molecule has 0 aliphatic carbocycles. The molecule has 5 nitrogen and oxygen atoms in total. The van der Waals surface area contributed by atoms with Crippen LogP contribution >= 0.6 is 11.3 Å². The van der Waals surface area contributed by atoms with Crippen LogP contribution in [0.4, 0.5) is 16.4 Å². The third-order valence-corrected chi connectivity index (χ3v) is 4.75. The van der Waals surface area contributed by atoms with Gasteiger partial charge in [0, 0.05) is 13.1 Å². The predicted molar refractivity (Wildman–Crippen MR) is 98.6 cm³/mol. The van der Waals surface area contributed by atoms with Crippen LogP contribution in [-0.2, 0) is 0 Å². The van der Waals surface area contributed by atoms with E-state index in [0.29, 0.717) is 0 Å². The second kappa shape index (κ2) is 7.10. The first-order valence-corrected chi connectivity index (χ1v) is 8.86. The van der Waals surface area contributed by atoms with Gasteiger partial charge < -0.3 is 15.5 Å². The number of anilines is 2. The van der Waals surface area contributed by atoms with Gasteiger partial charge in [-0.1, -0.05) is 12.1 Å². The molecule has 1 aliphatic rings. The van der Waals surface area contributed by atoms with Crippen LogP contribution in [0.25, 0.3) is 0 Å². The van der Waals surface area contributed by atoms with Gasteiger partial charge in [-0.2, -0.15) is 0 Å². The van der Waals surface area contributed by atoms with Gasteiger partial charge in [-0.05, 0) is 46.0 Å². The van der Waals surface area contributed by atoms with Gasteiger partial charge in [0.15, 0.2) is 5.84 Å². The van der Waals surface area contributed by atoms with Crippen molar-refractivity contribution in [3.63, 3.8) is 0 Å². The Balaban J connectivity index is 2.02. The Hall–Kier alpha value is -1.92. The van der Waals surface area contributed by atoms with E-state index in [1.807, 2.05) is 32.2 Å². The summed E-state index contributed by atoms with van der Waals surface area (Å²) in [7, 11) is 1.99. The van der Waals surface area contributed by atoms with E-state index < -0.39 is 0 Å². The first-order chi connectivity index (χ1) is 11.2. The predicted octanol–water partition coefficient (Wildman–Crippen LogP) is 3.52. The summed E-state index contributed by atoms with van der Waals surface area (Å²) in [5, 5.41) is 8.85. The molecule has 2 heterocycles. The number of amidine groups is 1. The molecule has 0 bridgehead atoms. The molecule has 23 heavy (non-hydrogen) atoms. The molecule has 1 aromatic carbocycles. The van der Waals surface area contributed by atoms with Crippen molar-refractivity contribution >= 4 is 33.5 Å². The summed E-state index contributed by atoms with van der Waals surface area (Å²) >= 11 is 1.69. The fourth-order valence-corrected chi connectivity index (χ4v) is 3.54. The summed E-state index contributed by atoms with van der Waals surface area (Å²) < 4.78 is 0. The average Bonchev–Trinajstić information content (AvgIpc) is 2.84. The van der Waals surface area contributed by atoms with Crippen molar-refractivity contribution in [1.29, 1.82) is 0 Å². The van der Waals surface area contributed by atoms with Gasteiger partial charge in [-0.25, -0.2) is 9.98 Å². The van der Waals surface area contributed by atoms with E-state index in [9.17, 15) is 0 Å². The first-order valence-electron chi connectivity index (χ1n) is 8.05. The Labute approximate surface area is 141 Å². The Bertz CT molecular complexity index is 707. The Morgan fingerprint density at radius 2 is 2.13 bits per heavy atom. The van der Waals surface area contributed by atoms with E-state index in [1.54, 1.807) is 11.3 Å². The van der Waals surface area contributed by atoms with Crippen molar-refractivity contribution in [3.8, 4) is 0 Å². The summed E-state index contributed by atoms with van der Waals surface area (Å²) in [6.07, 6.45) is 1.08. The Kier molecular flexibility index (Phi) is 4.93. The topological polar surface area (TPSA) is 52.5 Å². The van der Waals surface area contributed by atoms with Gasteiger partial charge in [0.1, 0.15) is 10.7 Å². The molecule has 2 aromatic rings. The monoisotopic (exact) mass is 329 g/mol. The number of para-hydroxylation sites is 2. The molecule has 2 N–H and O–H groups in total. The number of nitrogens with zero attached hydrogens (tertiary/aromatic N) is 3. The number of aliphatic imine (C=N–C) groups is 1. The smallest absolute Gasteiger partial charge is 0.158 e. The minimum atomic E-state index is 0.917. The number of aromatic nitrogens is 1. The van der Waals surface area contributed by atoms with E-state index in [-0.39, 0.29) is 0 Å². The normalized spacial score (nSPS) is 12.7. The molecule has 0 atom stereocenters. The second-order valence-corrected chi connectivity index (χ2v) is 6.73. The van der Waals surface area contributed by atoms with E-state index in [4.69, 9.17) is 9.98 Å². The molecule has 0 spiro atoms. The zero-order chi connectivity index (χ0) is 16.2. The summed E-state index contributed by atoms with van der Waals surface area (Å²) in [5.41, 5.74) is 2.98. The lowest BCUT2D eigenvalue weighted by Crippen LogP contribution is -2.34. The van der Waals surface area contributed by atoms with Crippen molar-refractivity contribution < 1.29 is 0 Å². The maximum absolute atomic E-state index is 4.95. The van der Waals surface area contributed by atoms with Crippen LogP contribution in [0.2, 0.25) is 0 Å². The van der Waals surface area contributed by atoms with Crippen molar-refractivity contribution in [1.82, 2.24) is 15.2 Å². The average molecular weight is 329 g/mol. The van der Waals surface area contributed by atoms with Gasteiger partial charge in [-0.15, -0.1) is 11.3 Å². The molecule has 0 amide bonds. The number of nitrogens with one attached hydrogen (secondary N) is 2. The SMILES string of the molecule is CCN(CCCNC)C1=Nc2ccccc2Nc2sc(C)nc21. The van der Waals surface area contributed by atoms with E-state index in [0.717, 1.165) is 59.0 Å². The van der Waals surface area contributed by atoms with E-state index in [1.165, 1.54) is 0 Å².